The highest BCUT2D eigenvalue weighted by Gasteiger charge is 2.61. The second kappa shape index (κ2) is 3.49. The number of para-hydroxylation sites is 1. The number of carbonyl (C=O) groups is 2. The molecule has 0 saturated heterocycles. The van der Waals surface area contributed by atoms with Crippen molar-refractivity contribution in [3.05, 3.63) is 39.9 Å². The average Bonchev–Trinajstić information content (AvgIpc) is 2.77. The molecular formula is C12H7Cl2NO3. The number of nitrogens with zero attached hydrogens (tertiary/aromatic N) is 1. The molecule has 0 aliphatic carbocycles. The molecule has 1 aromatic carbocycles. The zero-order chi connectivity index (χ0) is 13.1. The van der Waals surface area contributed by atoms with Crippen LogP contribution in [0.3, 0.4) is 0 Å². The van der Waals surface area contributed by atoms with Crippen molar-refractivity contribution in [1.29, 1.82) is 0 Å². The molecule has 2 heterocycles. The van der Waals surface area contributed by atoms with Gasteiger partial charge in [-0.1, -0.05) is 35.3 Å². The Hall–Kier alpha value is -1.52. The van der Waals surface area contributed by atoms with E-state index in [9.17, 15) is 9.59 Å². The predicted octanol–water partition coefficient (Wildman–Crippen LogP) is 2.12. The van der Waals surface area contributed by atoms with Gasteiger partial charge in [-0.3, -0.25) is 14.5 Å². The zero-order valence-electron chi connectivity index (χ0n) is 9.24. The Morgan fingerprint density at radius 1 is 1.22 bits per heavy atom. The van der Waals surface area contributed by atoms with E-state index in [1.165, 1.54) is 7.05 Å². The van der Waals surface area contributed by atoms with Crippen molar-refractivity contribution >= 4 is 34.9 Å². The van der Waals surface area contributed by atoms with Crippen LogP contribution in [0.25, 0.3) is 0 Å². The van der Waals surface area contributed by atoms with E-state index >= 15 is 0 Å². The molecule has 3 rings (SSSR count). The molecule has 0 fully saturated rings. The summed E-state index contributed by atoms with van der Waals surface area (Å²) in [4.78, 5) is 25.4. The van der Waals surface area contributed by atoms with Crippen molar-refractivity contribution in [2.24, 2.45) is 0 Å². The van der Waals surface area contributed by atoms with E-state index in [-0.39, 0.29) is 15.8 Å². The van der Waals surface area contributed by atoms with Gasteiger partial charge < -0.3 is 4.74 Å². The molecule has 1 unspecified atom stereocenters. The SMILES string of the molecule is CN1C(=O)C(Cl)=C(Cl)C12Oc1ccccc1C2=O. The summed E-state index contributed by atoms with van der Waals surface area (Å²) in [6.45, 7) is 0. The van der Waals surface area contributed by atoms with Gasteiger partial charge in [0.15, 0.2) is 0 Å². The van der Waals surface area contributed by atoms with Crippen LogP contribution >= 0.6 is 23.2 Å². The lowest BCUT2D eigenvalue weighted by atomic mass is 10.0. The van der Waals surface area contributed by atoms with E-state index in [2.05, 4.69) is 0 Å². The molecule has 0 radical (unpaired) electrons. The number of ketones is 1. The van der Waals surface area contributed by atoms with Gasteiger partial charge in [0.05, 0.1) is 5.56 Å². The predicted molar refractivity (Wildman–Crippen MR) is 65.6 cm³/mol. The Morgan fingerprint density at radius 2 is 1.89 bits per heavy atom. The monoisotopic (exact) mass is 283 g/mol. The van der Waals surface area contributed by atoms with Crippen molar-refractivity contribution in [3.63, 3.8) is 0 Å². The fourth-order valence-electron chi connectivity index (χ4n) is 2.18. The summed E-state index contributed by atoms with van der Waals surface area (Å²) in [7, 11) is 1.43. The maximum atomic E-state index is 12.4. The molecular weight excluding hydrogens is 277 g/mol. The second-order valence-electron chi connectivity index (χ2n) is 4.06. The minimum absolute atomic E-state index is 0.0853. The number of halogens is 2. The lowest BCUT2D eigenvalue weighted by molar-refractivity contribution is -0.131. The van der Waals surface area contributed by atoms with Crippen LogP contribution in [0.1, 0.15) is 10.4 Å². The van der Waals surface area contributed by atoms with Gasteiger partial charge in [-0.05, 0) is 12.1 Å². The van der Waals surface area contributed by atoms with E-state index in [0.29, 0.717) is 11.3 Å². The van der Waals surface area contributed by atoms with Crippen LogP contribution in [0, 0.1) is 0 Å². The minimum atomic E-state index is -1.63. The Kier molecular flexibility index (Phi) is 2.24. The van der Waals surface area contributed by atoms with E-state index in [4.69, 9.17) is 27.9 Å². The van der Waals surface area contributed by atoms with Crippen LogP contribution in [0.2, 0.25) is 0 Å². The molecule has 2 aliphatic heterocycles. The second-order valence-corrected chi connectivity index (χ2v) is 4.82. The number of rotatable bonds is 0. The van der Waals surface area contributed by atoms with Crippen molar-refractivity contribution < 1.29 is 14.3 Å². The molecule has 1 spiro atoms. The van der Waals surface area contributed by atoms with Crippen LogP contribution in [0.5, 0.6) is 5.75 Å². The summed E-state index contributed by atoms with van der Waals surface area (Å²) in [6, 6.07) is 6.73. The molecule has 92 valence electrons. The van der Waals surface area contributed by atoms with Gasteiger partial charge in [0.2, 0.25) is 5.78 Å². The topological polar surface area (TPSA) is 46.6 Å². The fourth-order valence-corrected chi connectivity index (χ4v) is 2.76. The first-order chi connectivity index (χ1) is 8.50. The number of benzene rings is 1. The van der Waals surface area contributed by atoms with Gasteiger partial charge >= 0.3 is 0 Å². The molecule has 18 heavy (non-hydrogen) atoms. The summed E-state index contributed by atoms with van der Waals surface area (Å²) < 4.78 is 5.61. The van der Waals surface area contributed by atoms with E-state index in [0.717, 1.165) is 4.90 Å². The molecule has 4 nitrogen and oxygen atoms in total. The summed E-state index contributed by atoms with van der Waals surface area (Å²) in [5.74, 6) is -0.510. The smallest absolute Gasteiger partial charge is 0.287 e. The maximum absolute atomic E-state index is 12.4. The third-order valence-electron chi connectivity index (χ3n) is 3.15. The molecule has 0 saturated carbocycles. The lowest BCUT2D eigenvalue weighted by Gasteiger charge is -2.29. The third-order valence-corrected chi connectivity index (χ3v) is 4.04. The van der Waals surface area contributed by atoms with Gasteiger partial charge in [0.1, 0.15) is 15.8 Å². The standard InChI is InChI=1S/C12H7Cl2NO3/c1-15-11(17)8(13)9(14)12(15)10(16)6-4-2-3-5-7(6)18-12/h2-5H,1H3. The highest BCUT2D eigenvalue weighted by molar-refractivity contribution is 6.51. The molecule has 1 atom stereocenters. The molecule has 1 amide bonds. The minimum Gasteiger partial charge on any atom is -0.454 e. The summed E-state index contributed by atoms with van der Waals surface area (Å²) >= 11 is 11.8. The molecule has 2 aliphatic rings. The lowest BCUT2D eigenvalue weighted by Crippen LogP contribution is -2.53. The third kappa shape index (κ3) is 1.12. The quantitative estimate of drug-likeness (QED) is 0.733. The highest BCUT2D eigenvalue weighted by Crippen LogP contribution is 2.47. The Morgan fingerprint density at radius 3 is 2.44 bits per heavy atom. The molecule has 0 aromatic heterocycles. The number of hydrogen-bond acceptors (Lipinski definition) is 3. The Labute approximate surface area is 113 Å². The maximum Gasteiger partial charge on any atom is 0.287 e. The first-order valence-corrected chi connectivity index (χ1v) is 5.92. The van der Waals surface area contributed by atoms with E-state index in [1.54, 1.807) is 24.3 Å². The first-order valence-electron chi connectivity index (χ1n) is 5.17. The van der Waals surface area contributed by atoms with Crippen molar-refractivity contribution in [2.45, 2.75) is 5.72 Å². The molecule has 6 heteroatoms. The average molecular weight is 284 g/mol. The van der Waals surface area contributed by atoms with Crippen molar-refractivity contribution in [2.75, 3.05) is 7.05 Å². The number of amides is 1. The van der Waals surface area contributed by atoms with E-state index < -0.39 is 11.6 Å². The van der Waals surface area contributed by atoms with Gasteiger partial charge in [-0.25, -0.2) is 0 Å². The summed E-state index contributed by atoms with van der Waals surface area (Å²) in [5, 5.41) is -0.266. The number of fused-ring (bicyclic) bond motifs is 1. The number of ether oxygens (including phenoxy) is 1. The van der Waals surface area contributed by atoms with E-state index in [1.807, 2.05) is 0 Å². The van der Waals surface area contributed by atoms with Crippen molar-refractivity contribution in [3.8, 4) is 5.75 Å². The highest BCUT2D eigenvalue weighted by atomic mass is 35.5. The van der Waals surface area contributed by atoms with Gasteiger partial charge in [0.25, 0.3) is 11.6 Å². The Bertz CT molecular complexity index is 626. The van der Waals surface area contributed by atoms with Crippen LogP contribution in [-0.2, 0) is 4.79 Å². The largest absolute Gasteiger partial charge is 0.454 e. The van der Waals surface area contributed by atoms with Crippen LogP contribution in [-0.4, -0.2) is 29.4 Å². The van der Waals surface area contributed by atoms with Gasteiger partial charge in [-0.2, -0.15) is 0 Å². The van der Waals surface area contributed by atoms with Crippen LogP contribution in [0.4, 0.5) is 0 Å². The fraction of sp³-hybridized carbons (Fsp3) is 0.167. The van der Waals surface area contributed by atoms with Crippen LogP contribution in [0.15, 0.2) is 34.3 Å². The number of Topliss-reactive ketones (excluding diaryl/α,β-unsaturated/α-hetero) is 1. The number of hydrogen-bond donors (Lipinski definition) is 0. The van der Waals surface area contributed by atoms with Gasteiger partial charge in [0, 0.05) is 7.05 Å². The molecule has 0 N–H and O–H groups in total. The summed E-state index contributed by atoms with van der Waals surface area (Å²) in [6.07, 6.45) is 0. The summed E-state index contributed by atoms with van der Waals surface area (Å²) in [5.41, 5.74) is -1.24. The molecule has 0 bridgehead atoms. The van der Waals surface area contributed by atoms with Crippen LogP contribution < -0.4 is 4.74 Å². The zero-order valence-corrected chi connectivity index (χ0v) is 10.7. The normalized spacial score (nSPS) is 26.1. The van der Waals surface area contributed by atoms with Crippen molar-refractivity contribution in [1.82, 2.24) is 4.90 Å². The number of carbonyl (C=O) groups excluding carboxylic acids is 2. The Balaban J connectivity index is 2.22. The number of likely N-dealkylation sites (N-methyl/N-ethyl adjacent to an activating group) is 1. The molecule has 1 aromatic rings. The first kappa shape index (κ1) is 11.6. The van der Waals surface area contributed by atoms with Gasteiger partial charge in [-0.15, -0.1) is 0 Å².